The Morgan fingerprint density at radius 3 is 2.54 bits per heavy atom. The first kappa shape index (κ1) is 19.2. The van der Waals surface area contributed by atoms with Gasteiger partial charge in [-0.3, -0.25) is 0 Å². The summed E-state index contributed by atoms with van der Waals surface area (Å²) in [5.41, 5.74) is 1.03. The Labute approximate surface area is 165 Å². The molecule has 4 rings (SSSR count). The van der Waals surface area contributed by atoms with Crippen LogP contribution in [0.3, 0.4) is 0 Å². The first-order valence-corrected chi connectivity index (χ1v) is 10.1. The van der Waals surface area contributed by atoms with Crippen molar-refractivity contribution in [2.75, 3.05) is 32.8 Å². The third kappa shape index (κ3) is 4.01. The molecule has 2 aromatic rings. The van der Waals surface area contributed by atoms with Gasteiger partial charge >= 0.3 is 0 Å². The molecule has 2 aliphatic rings. The number of hydrogen-bond donors (Lipinski definition) is 1. The summed E-state index contributed by atoms with van der Waals surface area (Å²) in [6.45, 7) is 5.83. The molecule has 0 saturated carbocycles. The lowest BCUT2D eigenvalue weighted by molar-refractivity contribution is -0.0356. The number of rotatable bonds is 5. The molecule has 1 atom stereocenters. The van der Waals surface area contributed by atoms with E-state index in [1.54, 1.807) is 0 Å². The van der Waals surface area contributed by atoms with E-state index in [1.165, 1.54) is 12.1 Å². The Hall–Kier alpha value is -2.11. The molecule has 2 aliphatic heterocycles. The van der Waals surface area contributed by atoms with Crippen molar-refractivity contribution in [3.05, 3.63) is 59.4 Å². The minimum Gasteiger partial charge on any atom is -0.486 e. The van der Waals surface area contributed by atoms with Crippen molar-refractivity contribution in [1.29, 1.82) is 0 Å². The number of hydrogen-bond acceptors (Lipinski definition) is 4. The van der Waals surface area contributed by atoms with Crippen LogP contribution < -0.4 is 9.47 Å². The van der Waals surface area contributed by atoms with Crippen LogP contribution >= 0.6 is 0 Å². The van der Waals surface area contributed by atoms with Crippen LogP contribution in [-0.2, 0) is 12.0 Å². The molecule has 0 bridgehead atoms. The van der Waals surface area contributed by atoms with Gasteiger partial charge in [0.15, 0.2) is 11.5 Å². The quantitative estimate of drug-likeness (QED) is 0.851. The van der Waals surface area contributed by atoms with Gasteiger partial charge in [0.1, 0.15) is 19.0 Å². The molecule has 4 nitrogen and oxygen atoms in total. The van der Waals surface area contributed by atoms with Crippen molar-refractivity contribution in [1.82, 2.24) is 4.90 Å². The van der Waals surface area contributed by atoms with Gasteiger partial charge in [-0.25, -0.2) is 4.39 Å². The number of piperidine rings is 1. The summed E-state index contributed by atoms with van der Waals surface area (Å²) in [5.74, 6) is 1.40. The average molecular weight is 385 g/mol. The number of halogens is 1. The fourth-order valence-corrected chi connectivity index (χ4v) is 4.35. The van der Waals surface area contributed by atoms with Gasteiger partial charge in [0, 0.05) is 12.1 Å². The molecule has 0 spiro atoms. The lowest BCUT2D eigenvalue weighted by Gasteiger charge is -2.40. The SMILES string of the molecule is CC(O)(c1cccc2c1OCCO2)C1CCN(CCc2ccc(F)cc2)CC1. The zero-order valence-corrected chi connectivity index (χ0v) is 16.4. The van der Waals surface area contributed by atoms with Crippen LogP contribution in [0.5, 0.6) is 11.5 Å². The van der Waals surface area contributed by atoms with Gasteiger partial charge < -0.3 is 19.5 Å². The van der Waals surface area contributed by atoms with E-state index in [4.69, 9.17) is 9.47 Å². The zero-order chi connectivity index (χ0) is 19.6. The van der Waals surface area contributed by atoms with Gasteiger partial charge in [0.25, 0.3) is 0 Å². The number of para-hydroxylation sites is 1. The maximum Gasteiger partial charge on any atom is 0.167 e. The first-order chi connectivity index (χ1) is 13.5. The standard InChI is InChI=1S/C23H28FNO3/c1-23(26,20-3-2-4-21-22(20)28-16-15-27-21)18-10-13-25(14-11-18)12-9-17-5-7-19(24)8-6-17/h2-8,18,26H,9-16H2,1H3. The number of ether oxygens (including phenoxy) is 2. The monoisotopic (exact) mass is 385 g/mol. The highest BCUT2D eigenvalue weighted by Gasteiger charge is 2.39. The molecule has 150 valence electrons. The summed E-state index contributed by atoms with van der Waals surface area (Å²) >= 11 is 0. The Kier molecular flexibility index (Phi) is 5.56. The molecule has 28 heavy (non-hydrogen) atoms. The number of fused-ring (bicyclic) bond motifs is 1. The number of nitrogens with zero attached hydrogens (tertiary/aromatic N) is 1. The molecule has 1 N–H and O–H groups in total. The Bertz CT molecular complexity index is 798. The van der Waals surface area contributed by atoms with E-state index >= 15 is 0 Å². The molecule has 0 aliphatic carbocycles. The second-order valence-corrected chi connectivity index (χ2v) is 7.97. The Morgan fingerprint density at radius 2 is 1.79 bits per heavy atom. The first-order valence-electron chi connectivity index (χ1n) is 10.1. The molecular weight excluding hydrogens is 357 g/mol. The van der Waals surface area contributed by atoms with Crippen LogP contribution in [0.4, 0.5) is 4.39 Å². The van der Waals surface area contributed by atoms with Crippen LogP contribution in [0, 0.1) is 11.7 Å². The lowest BCUT2D eigenvalue weighted by Crippen LogP contribution is -2.43. The third-order valence-corrected chi connectivity index (χ3v) is 6.12. The minimum atomic E-state index is -0.949. The summed E-state index contributed by atoms with van der Waals surface area (Å²) in [6.07, 6.45) is 2.78. The largest absolute Gasteiger partial charge is 0.486 e. The van der Waals surface area contributed by atoms with Crippen LogP contribution in [0.15, 0.2) is 42.5 Å². The molecule has 2 aromatic carbocycles. The molecule has 1 unspecified atom stereocenters. The highest BCUT2D eigenvalue weighted by atomic mass is 19.1. The van der Waals surface area contributed by atoms with Gasteiger partial charge in [-0.2, -0.15) is 0 Å². The van der Waals surface area contributed by atoms with E-state index in [9.17, 15) is 9.50 Å². The van der Waals surface area contributed by atoms with Gasteiger partial charge in [-0.05, 0) is 69.0 Å². The van der Waals surface area contributed by atoms with Crippen molar-refractivity contribution < 1.29 is 19.0 Å². The predicted octanol–water partition coefficient (Wildman–Crippen LogP) is 3.76. The molecule has 2 heterocycles. The molecule has 0 aromatic heterocycles. The number of likely N-dealkylation sites (tertiary alicyclic amines) is 1. The van der Waals surface area contributed by atoms with E-state index < -0.39 is 5.60 Å². The van der Waals surface area contributed by atoms with Crippen molar-refractivity contribution in [2.24, 2.45) is 5.92 Å². The van der Waals surface area contributed by atoms with E-state index in [0.717, 1.165) is 55.8 Å². The second kappa shape index (κ2) is 8.10. The molecule has 5 heteroatoms. The fourth-order valence-electron chi connectivity index (χ4n) is 4.35. The minimum absolute atomic E-state index is 0.173. The number of benzene rings is 2. The van der Waals surface area contributed by atoms with Crippen LogP contribution in [-0.4, -0.2) is 42.9 Å². The van der Waals surface area contributed by atoms with Crippen LogP contribution in [0.25, 0.3) is 0 Å². The Morgan fingerprint density at radius 1 is 1.07 bits per heavy atom. The molecule has 0 radical (unpaired) electrons. The molecular formula is C23H28FNO3. The second-order valence-electron chi connectivity index (χ2n) is 7.97. The molecule has 1 saturated heterocycles. The van der Waals surface area contributed by atoms with Crippen molar-refractivity contribution >= 4 is 0 Å². The fraction of sp³-hybridized carbons (Fsp3) is 0.478. The van der Waals surface area contributed by atoms with E-state index in [0.29, 0.717) is 19.0 Å². The van der Waals surface area contributed by atoms with E-state index in [-0.39, 0.29) is 11.7 Å². The summed E-state index contributed by atoms with van der Waals surface area (Å²) in [7, 11) is 0. The highest BCUT2D eigenvalue weighted by molar-refractivity contribution is 5.50. The smallest absolute Gasteiger partial charge is 0.167 e. The normalized spacial score (nSPS) is 20.0. The summed E-state index contributed by atoms with van der Waals surface area (Å²) in [6, 6.07) is 12.5. The summed E-state index contributed by atoms with van der Waals surface area (Å²) < 4.78 is 24.5. The number of aliphatic hydroxyl groups is 1. The predicted molar refractivity (Wildman–Crippen MR) is 106 cm³/mol. The average Bonchev–Trinajstić information content (AvgIpc) is 2.73. The molecule has 0 amide bonds. The maximum atomic E-state index is 13.0. The van der Waals surface area contributed by atoms with Gasteiger partial charge in [0.2, 0.25) is 0 Å². The highest BCUT2D eigenvalue weighted by Crippen LogP contribution is 2.44. The van der Waals surface area contributed by atoms with Crippen molar-refractivity contribution in [2.45, 2.75) is 31.8 Å². The zero-order valence-electron chi connectivity index (χ0n) is 16.4. The van der Waals surface area contributed by atoms with Crippen LogP contribution in [0.2, 0.25) is 0 Å². The van der Waals surface area contributed by atoms with E-state index in [2.05, 4.69) is 4.90 Å². The van der Waals surface area contributed by atoms with E-state index in [1.807, 2.05) is 37.3 Å². The molecule has 1 fully saturated rings. The lowest BCUT2D eigenvalue weighted by atomic mass is 9.77. The van der Waals surface area contributed by atoms with Gasteiger partial charge in [-0.15, -0.1) is 0 Å². The van der Waals surface area contributed by atoms with Crippen molar-refractivity contribution in [3.8, 4) is 11.5 Å². The topological polar surface area (TPSA) is 41.9 Å². The summed E-state index contributed by atoms with van der Waals surface area (Å²) in [4.78, 5) is 2.43. The summed E-state index contributed by atoms with van der Waals surface area (Å²) in [5, 5.41) is 11.4. The maximum absolute atomic E-state index is 13.0. The van der Waals surface area contributed by atoms with Gasteiger partial charge in [-0.1, -0.05) is 24.3 Å². The Balaban J connectivity index is 1.37. The van der Waals surface area contributed by atoms with Crippen LogP contribution in [0.1, 0.15) is 30.9 Å². The third-order valence-electron chi connectivity index (χ3n) is 6.12. The van der Waals surface area contributed by atoms with Crippen molar-refractivity contribution in [3.63, 3.8) is 0 Å². The van der Waals surface area contributed by atoms with Gasteiger partial charge in [0.05, 0.1) is 5.60 Å².